The number of nitrogens with zero attached hydrogens (tertiary/aromatic N) is 8. The van der Waals surface area contributed by atoms with Crippen molar-refractivity contribution in [1.82, 2.24) is 19.9 Å². The van der Waals surface area contributed by atoms with Gasteiger partial charge in [0.15, 0.2) is 24.8 Å². The fourth-order valence-corrected chi connectivity index (χ4v) is 15.8. The lowest BCUT2D eigenvalue weighted by atomic mass is 9.83. The number of hydrogen-bond donors (Lipinski definition) is 0. The molecule has 8 nitrogen and oxygen atoms in total. The third-order valence-electron chi connectivity index (χ3n) is 21.6. The van der Waals surface area contributed by atoms with Gasteiger partial charge in [0.1, 0.15) is 28.2 Å². The predicted molar refractivity (Wildman–Crippen MR) is 401 cm³/mol. The predicted octanol–water partition coefficient (Wildman–Crippen LogP) is 18.5. The lowest BCUT2D eigenvalue weighted by Gasteiger charge is -2.21. The van der Waals surface area contributed by atoms with Gasteiger partial charge in [-0.3, -0.25) is 19.9 Å². The van der Waals surface area contributed by atoms with Crippen LogP contribution in [0.1, 0.15) is 166 Å². The second-order valence-electron chi connectivity index (χ2n) is 29.8. The summed E-state index contributed by atoms with van der Waals surface area (Å²) in [6.07, 6.45) is 16.3. The topological polar surface area (TPSA) is 67.1 Å². The zero-order chi connectivity index (χ0) is 74.8. The van der Waals surface area contributed by atoms with Crippen LogP contribution in [0.25, 0.3) is 89.5 Å². The van der Waals surface area contributed by atoms with E-state index in [9.17, 15) is 0 Å². The molecule has 0 radical (unpaired) electrons. The van der Waals surface area contributed by atoms with Crippen LogP contribution in [0.2, 0.25) is 0 Å². The summed E-state index contributed by atoms with van der Waals surface area (Å²) in [4.78, 5) is 18.7. The van der Waals surface area contributed by atoms with E-state index in [2.05, 4.69) is 245 Å². The van der Waals surface area contributed by atoms with Gasteiger partial charge in [-0.1, -0.05) is 111 Å². The van der Waals surface area contributed by atoms with E-state index in [1.54, 1.807) is 18.5 Å². The first-order valence-corrected chi connectivity index (χ1v) is 34.4. The molecule has 8 heteroatoms. The molecule has 0 saturated heterocycles. The van der Waals surface area contributed by atoms with Crippen LogP contribution in [0.5, 0.6) is 0 Å². The van der Waals surface area contributed by atoms with Crippen LogP contribution in [0.3, 0.4) is 0 Å². The molecule has 0 spiro atoms. The van der Waals surface area contributed by atoms with Crippen LogP contribution in [0.15, 0.2) is 189 Å². The molecule has 4 aliphatic rings. The molecular formula is C90H96N8+4. The number of benzene rings is 4. The lowest BCUT2D eigenvalue weighted by molar-refractivity contribution is -0.660. The van der Waals surface area contributed by atoms with Gasteiger partial charge >= 0.3 is 0 Å². The third-order valence-corrected chi connectivity index (χ3v) is 21.6. The van der Waals surface area contributed by atoms with Gasteiger partial charge in [0.2, 0.25) is 22.8 Å². The van der Waals surface area contributed by atoms with Crippen LogP contribution in [-0.2, 0) is 56.3 Å². The summed E-state index contributed by atoms with van der Waals surface area (Å²) in [6, 6.07) is 49.7. The van der Waals surface area contributed by atoms with Gasteiger partial charge in [-0.15, -0.1) is 0 Å². The molecule has 8 heterocycles. The summed E-state index contributed by atoms with van der Waals surface area (Å²) in [5.41, 5.74) is 38.1. The molecular weight excluding hydrogens is 1190 g/mol. The first-order chi connectivity index (χ1) is 48.9. The minimum absolute atomic E-state index is 0.0588. The van der Waals surface area contributed by atoms with Crippen molar-refractivity contribution in [3.8, 4) is 89.5 Å². The molecule has 0 bridgehead atoms. The Labute approximate surface area is 591 Å². The molecule has 0 amide bonds. The first kappa shape index (κ1) is 59.4. The number of aromatic nitrogens is 8. The zero-order valence-corrected chi connectivity index (χ0v) is 60.7. The molecule has 0 unspecified atom stereocenters. The number of aryl methyl sites for hydroxylation is 13. The summed E-state index contributed by atoms with van der Waals surface area (Å²) in [5.74, 6) is 0. The maximum atomic E-state index is 7.77. The van der Waals surface area contributed by atoms with Crippen molar-refractivity contribution >= 4 is 0 Å². The summed E-state index contributed by atoms with van der Waals surface area (Å²) in [5, 5.41) is 0. The molecule has 12 aromatic rings. The number of rotatable bonds is 5. The molecule has 16 rings (SSSR count). The Morgan fingerprint density at radius 2 is 0.673 bits per heavy atom. The zero-order valence-electron chi connectivity index (χ0n) is 66.7. The Balaban J connectivity index is 0.000000123. The molecule has 0 saturated carbocycles. The van der Waals surface area contributed by atoms with Gasteiger partial charge in [-0.05, 0) is 200 Å². The van der Waals surface area contributed by atoms with E-state index >= 15 is 0 Å². The minimum Gasteiger partial charge on any atom is -0.260 e. The van der Waals surface area contributed by atoms with Gasteiger partial charge in [-0.25, -0.2) is 18.3 Å². The lowest BCUT2D eigenvalue weighted by Crippen LogP contribution is -2.31. The average Bonchev–Trinajstić information content (AvgIpc) is 1.58. The molecule has 0 fully saturated rings. The highest BCUT2D eigenvalue weighted by atomic mass is 14.9. The highest BCUT2D eigenvalue weighted by molar-refractivity contribution is 5.87. The Morgan fingerprint density at radius 1 is 0.316 bits per heavy atom. The molecule has 0 N–H and O–H groups in total. The highest BCUT2D eigenvalue weighted by Gasteiger charge is 2.42. The quantitative estimate of drug-likeness (QED) is 0.161. The van der Waals surface area contributed by atoms with Crippen LogP contribution in [0.4, 0.5) is 0 Å². The standard InChI is InChI=1S/2C23H25N2.2C22H23N2/c1-14-11-21(25(6)13-16(14)3)18-12-20-19(10-15(18)2)17-8-7-9-24-22(17)23(20,4)5;1-6-16-9-11-25(5)21(13-16)18-14-20-19(12-15(18)2)17-8-7-10-24-22(17)23(20,3)4;1-14-8-9-20(24(5)13-14)17-12-19-18(11-15(17)2)16-7-6-10-23-21(16)22(19,3)4;1-14-8-10-24(5)20(11-14)17-13-19-18(12-15(17)2)16-7-6-9-23-21(16)22(19,3)4/h7-13H,1-6H3;7-14H,6H2,1-5H3;2*6-13H,1-5H3/q4*+1/i3D3;;1D3;. The van der Waals surface area contributed by atoms with E-state index in [0.717, 1.165) is 45.9 Å². The van der Waals surface area contributed by atoms with Gasteiger partial charge in [0, 0.05) is 147 Å². The van der Waals surface area contributed by atoms with Crippen LogP contribution in [0, 0.1) is 55.2 Å². The fourth-order valence-electron chi connectivity index (χ4n) is 15.8. The van der Waals surface area contributed by atoms with E-state index in [1.165, 1.54) is 134 Å². The molecule has 98 heavy (non-hydrogen) atoms. The van der Waals surface area contributed by atoms with Gasteiger partial charge < -0.3 is 0 Å². The normalized spacial score (nSPS) is 15.5. The summed E-state index contributed by atoms with van der Waals surface area (Å²) >= 11 is 0. The fraction of sp³-hybridized carbons (Fsp3) is 0.289. The van der Waals surface area contributed by atoms with Gasteiger partial charge in [0.25, 0.3) is 0 Å². The van der Waals surface area contributed by atoms with E-state index in [4.69, 9.17) is 13.2 Å². The molecule has 0 aliphatic heterocycles. The van der Waals surface area contributed by atoms with Crippen LogP contribution in [-0.4, -0.2) is 19.9 Å². The number of fused-ring (bicyclic) bond motifs is 12. The Hall–Kier alpha value is -9.92. The maximum absolute atomic E-state index is 7.77. The maximum Gasteiger partial charge on any atom is 0.212 e. The van der Waals surface area contributed by atoms with Crippen molar-refractivity contribution < 1.29 is 26.5 Å². The largest absolute Gasteiger partial charge is 0.260 e. The van der Waals surface area contributed by atoms with Gasteiger partial charge in [0.05, 0.1) is 22.8 Å². The van der Waals surface area contributed by atoms with E-state index < -0.39 is 13.7 Å². The van der Waals surface area contributed by atoms with E-state index in [-0.39, 0.29) is 21.7 Å². The van der Waals surface area contributed by atoms with Crippen molar-refractivity contribution in [2.45, 2.75) is 146 Å². The molecule has 0 atom stereocenters. The molecule has 4 aliphatic carbocycles. The van der Waals surface area contributed by atoms with Crippen molar-refractivity contribution in [2.75, 3.05) is 0 Å². The Morgan fingerprint density at radius 3 is 1.04 bits per heavy atom. The second-order valence-corrected chi connectivity index (χ2v) is 29.8. The van der Waals surface area contributed by atoms with Crippen molar-refractivity contribution in [3.63, 3.8) is 0 Å². The monoisotopic (exact) mass is 1290 g/mol. The second kappa shape index (κ2) is 24.9. The molecule has 4 aromatic carbocycles. The molecule has 492 valence electrons. The van der Waals surface area contributed by atoms with Crippen LogP contribution >= 0.6 is 0 Å². The van der Waals surface area contributed by atoms with E-state index in [1.807, 2.05) is 91.3 Å². The van der Waals surface area contributed by atoms with Crippen molar-refractivity contribution in [3.05, 3.63) is 284 Å². The SMILES string of the molecule is CCc1cc[n+](C)c(-c2cc3c(cc2C)-c2cccnc2C3(C)C)c1.Cc1cc[n+](C)c(-c2cc3c(cc2C)-c2cccnc2C3(C)C)c1.[2H]C([2H])([2H])c1c[n+](C)c(-c2cc3c(cc2C)-c2cccnc2C3(C)C)cc1C.[2H]C([2H])([2H])c1ccc(-c2cc3c(cc2C)-c2cccnc2C3(C)C)[n+](C)c1. The summed E-state index contributed by atoms with van der Waals surface area (Å²) < 4.78 is 54.4. The highest BCUT2D eigenvalue weighted by Crippen LogP contribution is 2.53. The van der Waals surface area contributed by atoms with Crippen molar-refractivity contribution in [2.24, 2.45) is 28.2 Å². The Bertz CT molecular complexity index is 5480. The molecule has 8 aromatic heterocycles. The third kappa shape index (κ3) is 11.3. The Kier molecular flexibility index (Phi) is 15.1. The minimum atomic E-state index is -2.11. The average molecular weight is 1300 g/mol. The van der Waals surface area contributed by atoms with Gasteiger partial charge in [-0.2, -0.15) is 0 Å². The summed E-state index contributed by atoms with van der Waals surface area (Å²) in [6.45, 7) is 28.6. The summed E-state index contributed by atoms with van der Waals surface area (Å²) in [7, 11) is 8.06. The number of hydrogen-bond acceptors (Lipinski definition) is 4. The first-order valence-electron chi connectivity index (χ1n) is 37.4. The smallest absolute Gasteiger partial charge is 0.212 e. The van der Waals surface area contributed by atoms with E-state index in [0.29, 0.717) is 11.1 Å². The van der Waals surface area contributed by atoms with Crippen LogP contribution < -0.4 is 18.3 Å². The van der Waals surface area contributed by atoms with Crippen molar-refractivity contribution in [1.29, 1.82) is 0 Å². The number of pyridine rings is 8.